The third kappa shape index (κ3) is 9.00. The third-order valence-electron chi connectivity index (χ3n) is 5.73. The maximum Gasteiger partial charge on any atom is 0.408 e. The zero-order valence-electron chi connectivity index (χ0n) is 20.2. The molecule has 0 aliphatic heterocycles. The van der Waals surface area contributed by atoms with Gasteiger partial charge in [0.1, 0.15) is 18.7 Å². The van der Waals surface area contributed by atoms with Crippen molar-refractivity contribution < 1.29 is 28.7 Å². The predicted molar refractivity (Wildman–Crippen MR) is 126 cm³/mol. The molecule has 0 radical (unpaired) electrons. The number of carboxylic acids is 1. The van der Waals surface area contributed by atoms with Crippen LogP contribution in [0.2, 0.25) is 18.1 Å². The first-order valence-corrected chi connectivity index (χ1v) is 13.8. The molecule has 9 heteroatoms. The number of alkyl carbamates (subject to hydrolysis) is 1. The van der Waals surface area contributed by atoms with Crippen molar-refractivity contribution in [3.8, 4) is 0 Å². The maximum atomic E-state index is 12.8. The minimum atomic E-state index is -2.02. The molecular weight excluding hydrogens is 428 g/mol. The van der Waals surface area contributed by atoms with E-state index in [0.29, 0.717) is 0 Å². The number of amides is 2. The molecular formula is C23H38N2O6Si. The van der Waals surface area contributed by atoms with Gasteiger partial charge in [-0.15, -0.1) is 0 Å². The lowest BCUT2D eigenvalue weighted by Crippen LogP contribution is -2.54. The summed E-state index contributed by atoms with van der Waals surface area (Å²) in [5.41, 5.74) is 0.820. The van der Waals surface area contributed by atoms with Crippen LogP contribution in [0.1, 0.15) is 46.6 Å². The molecule has 0 heterocycles. The van der Waals surface area contributed by atoms with Crippen LogP contribution in [-0.4, -0.2) is 50.1 Å². The van der Waals surface area contributed by atoms with Crippen molar-refractivity contribution in [2.45, 2.75) is 77.9 Å². The third-order valence-corrected chi connectivity index (χ3v) is 10.3. The highest BCUT2D eigenvalue weighted by Gasteiger charge is 2.37. The van der Waals surface area contributed by atoms with Gasteiger partial charge in [-0.2, -0.15) is 0 Å². The van der Waals surface area contributed by atoms with Crippen molar-refractivity contribution in [1.82, 2.24) is 10.6 Å². The summed E-state index contributed by atoms with van der Waals surface area (Å²) in [6.07, 6.45) is -0.604. The quantitative estimate of drug-likeness (QED) is 0.426. The van der Waals surface area contributed by atoms with Crippen LogP contribution in [0, 0.1) is 5.92 Å². The van der Waals surface area contributed by atoms with Gasteiger partial charge in [-0.3, -0.25) is 4.79 Å². The van der Waals surface area contributed by atoms with E-state index in [-0.39, 0.29) is 30.6 Å². The summed E-state index contributed by atoms with van der Waals surface area (Å²) in [4.78, 5) is 36.6. The second-order valence-corrected chi connectivity index (χ2v) is 14.5. The highest BCUT2D eigenvalue weighted by Crippen LogP contribution is 2.36. The zero-order valence-corrected chi connectivity index (χ0v) is 21.2. The van der Waals surface area contributed by atoms with E-state index >= 15 is 0 Å². The van der Waals surface area contributed by atoms with E-state index in [9.17, 15) is 19.5 Å². The molecule has 32 heavy (non-hydrogen) atoms. The summed E-state index contributed by atoms with van der Waals surface area (Å²) in [7, 11) is -2.02. The lowest BCUT2D eigenvalue weighted by molar-refractivity contribution is -0.142. The lowest BCUT2D eigenvalue weighted by Gasteiger charge is -2.36. The maximum absolute atomic E-state index is 12.8. The normalized spacial score (nSPS) is 13.9. The van der Waals surface area contributed by atoms with E-state index in [1.54, 1.807) is 13.8 Å². The second kappa shape index (κ2) is 12.0. The number of hydrogen-bond donors (Lipinski definition) is 3. The molecule has 0 fully saturated rings. The average Bonchev–Trinajstić information content (AvgIpc) is 2.69. The molecule has 0 bridgehead atoms. The zero-order chi connectivity index (χ0) is 24.5. The van der Waals surface area contributed by atoms with Gasteiger partial charge in [-0.05, 0) is 29.6 Å². The van der Waals surface area contributed by atoms with Crippen molar-refractivity contribution in [2.24, 2.45) is 5.92 Å². The number of carboxylic acid groups (broad SMARTS) is 1. The van der Waals surface area contributed by atoms with Crippen LogP contribution in [0.15, 0.2) is 30.3 Å². The SMILES string of the molecule is CC(C)[C@H](NC(=O)OCc1ccccc1)C(=O)N[C@H](CCO[Si](C)(C)C(C)(C)C)C(=O)O. The van der Waals surface area contributed by atoms with E-state index in [1.165, 1.54) is 0 Å². The first-order chi connectivity index (χ1) is 14.7. The van der Waals surface area contributed by atoms with Crippen molar-refractivity contribution in [3.63, 3.8) is 0 Å². The lowest BCUT2D eigenvalue weighted by atomic mass is 10.0. The van der Waals surface area contributed by atoms with Gasteiger partial charge in [-0.1, -0.05) is 65.0 Å². The van der Waals surface area contributed by atoms with E-state index in [4.69, 9.17) is 9.16 Å². The number of carbonyl (C=O) groups excluding carboxylic acids is 2. The monoisotopic (exact) mass is 466 g/mol. The van der Waals surface area contributed by atoms with Crippen molar-refractivity contribution >= 4 is 26.3 Å². The largest absolute Gasteiger partial charge is 0.480 e. The molecule has 0 saturated heterocycles. The molecule has 8 nitrogen and oxygen atoms in total. The van der Waals surface area contributed by atoms with Crippen LogP contribution in [0.4, 0.5) is 4.79 Å². The number of nitrogens with one attached hydrogen (secondary N) is 2. The summed E-state index contributed by atoms with van der Waals surface area (Å²) in [5, 5.41) is 14.6. The molecule has 180 valence electrons. The van der Waals surface area contributed by atoms with Crippen LogP contribution in [-0.2, 0) is 25.4 Å². The van der Waals surface area contributed by atoms with E-state index in [0.717, 1.165) is 5.56 Å². The standard InChI is InChI=1S/C23H38N2O6Si/c1-16(2)19(25-22(29)30-15-17-11-9-8-10-12-17)20(26)24-18(21(27)28)13-14-31-32(6,7)23(3,4)5/h8-12,16,18-19H,13-15H2,1-7H3,(H,24,26)(H,25,29)(H,27,28)/t18-,19+/m1/s1. The van der Waals surface area contributed by atoms with Crippen LogP contribution in [0.3, 0.4) is 0 Å². The summed E-state index contributed by atoms with van der Waals surface area (Å²) in [5.74, 6) is -1.99. The molecule has 1 aromatic carbocycles. The molecule has 0 aliphatic carbocycles. The Morgan fingerprint density at radius 2 is 1.66 bits per heavy atom. The summed E-state index contributed by atoms with van der Waals surface area (Å²) < 4.78 is 11.2. The summed E-state index contributed by atoms with van der Waals surface area (Å²) in [6.45, 7) is 14.3. The molecule has 0 unspecified atom stereocenters. The highest BCUT2D eigenvalue weighted by atomic mass is 28.4. The molecule has 1 aromatic rings. The first kappa shape index (κ1) is 27.6. The number of rotatable bonds is 11. The molecule has 0 aliphatic rings. The number of aliphatic carboxylic acids is 1. The molecule has 1 rings (SSSR count). The van der Waals surface area contributed by atoms with E-state index in [2.05, 4.69) is 44.5 Å². The smallest absolute Gasteiger partial charge is 0.408 e. The van der Waals surface area contributed by atoms with Crippen molar-refractivity contribution in [2.75, 3.05) is 6.61 Å². The van der Waals surface area contributed by atoms with Gasteiger partial charge >= 0.3 is 12.1 Å². The highest BCUT2D eigenvalue weighted by molar-refractivity contribution is 6.74. The fraction of sp³-hybridized carbons (Fsp3) is 0.609. The van der Waals surface area contributed by atoms with Crippen LogP contribution < -0.4 is 10.6 Å². The molecule has 2 amide bonds. The first-order valence-electron chi connectivity index (χ1n) is 10.9. The Kier molecular flexibility index (Phi) is 10.4. The summed E-state index contributed by atoms with van der Waals surface area (Å²) in [6, 6.07) is 7.13. The summed E-state index contributed by atoms with van der Waals surface area (Å²) >= 11 is 0. The number of ether oxygens (including phenoxy) is 1. The Morgan fingerprint density at radius 3 is 2.16 bits per heavy atom. The fourth-order valence-electron chi connectivity index (χ4n) is 2.59. The molecule has 2 atom stereocenters. The Bertz CT molecular complexity index is 762. The Morgan fingerprint density at radius 1 is 1.06 bits per heavy atom. The Hall–Kier alpha value is -2.39. The molecule has 0 saturated carbocycles. The van der Waals surface area contributed by atoms with E-state index < -0.39 is 38.4 Å². The number of hydrogen-bond acceptors (Lipinski definition) is 5. The van der Waals surface area contributed by atoms with Crippen LogP contribution >= 0.6 is 0 Å². The minimum absolute atomic E-state index is 0.00172. The molecule has 3 N–H and O–H groups in total. The topological polar surface area (TPSA) is 114 Å². The van der Waals surface area contributed by atoms with Crippen molar-refractivity contribution in [1.29, 1.82) is 0 Å². The van der Waals surface area contributed by atoms with Gasteiger partial charge in [0.2, 0.25) is 5.91 Å². The average molecular weight is 467 g/mol. The molecule has 0 aromatic heterocycles. The molecule has 0 spiro atoms. The van der Waals surface area contributed by atoms with Gasteiger partial charge in [0.05, 0.1) is 0 Å². The number of carbonyl (C=O) groups is 3. The number of benzene rings is 1. The predicted octanol–water partition coefficient (Wildman–Crippen LogP) is 3.92. The van der Waals surface area contributed by atoms with Gasteiger partial charge in [0, 0.05) is 13.0 Å². The van der Waals surface area contributed by atoms with Crippen LogP contribution in [0.25, 0.3) is 0 Å². The Balaban J connectivity index is 2.66. The van der Waals surface area contributed by atoms with Crippen molar-refractivity contribution in [3.05, 3.63) is 35.9 Å². The minimum Gasteiger partial charge on any atom is -0.480 e. The Labute approximate surface area is 192 Å². The van der Waals surface area contributed by atoms with Gasteiger partial charge in [-0.25, -0.2) is 9.59 Å². The van der Waals surface area contributed by atoms with E-state index in [1.807, 2.05) is 30.3 Å². The fourth-order valence-corrected chi connectivity index (χ4v) is 3.66. The van der Waals surface area contributed by atoms with Gasteiger partial charge < -0.3 is 24.9 Å². The second-order valence-electron chi connectivity index (χ2n) is 9.72. The van der Waals surface area contributed by atoms with Crippen LogP contribution in [0.5, 0.6) is 0 Å². The van der Waals surface area contributed by atoms with Gasteiger partial charge in [0.15, 0.2) is 8.32 Å². The van der Waals surface area contributed by atoms with Gasteiger partial charge in [0.25, 0.3) is 0 Å².